The number of nitrogens with one attached hydrogen (secondary N) is 1. The molecule has 7 heteroatoms. The first-order valence-electron chi connectivity index (χ1n) is 7.76. The van der Waals surface area contributed by atoms with E-state index < -0.39 is 22.9 Å². The van der Waals surface area contributed by atoms with Gasteiger partial charge < -0.3 is 10.1 Å². The molecule has 1 atom stereocenters. The Kier molecular flexibility index (Phi) is 5.84. The summed E-state index contributed by atoms with van der Waals surface area (Å²) in [7, 11) is 0. The molecule has 2 aromatic carbocycles. The number of para-hydroxylation sites is 1. The molecular formula is C18H18N2O5. The zero-order valence-corrected chi connectivity index (χ0v) is 13.9. The standard InChI is InChI=1S/C18H18N2O5/c1-3-13-8-10-14(11-9-13)19-17(21)12(2)25-18(22)15-6-4-5-7-16(15)20(23)24/h4-12H,3H2,1-2H3,(H,19,21)/t12-/m1/s1. The van der Waals surface area contributed by atoms with Crippen molar-refractivity contribution in [2.45, 2.75) is 26.4 Å². The first kappa shape index (κ1) is 18.1. The highest BCUT2D eigenvalue weighted by Crippen LogP contribution is 2.19. The van der Waals surface area contributed by atoms with Crippen LogP contribution in [0.2, 0.25) is 0 Å². The summed E-state index contributed by atoms with van der Waals surface area (Å²) < 4.78 is 5.05. The number of rotatable bonds is 6. The second-order valence-corrected chi connectivity index (χ2v) is 5.36. The van der Waals surface area contributed by atoms with Crippen molar-refractivity contribution in [3.05, 3.63) is 69.8 Å². The Bertz CT molecular complexity index is 786. The van der Waals surface area contributed by atoms with Gasteiger partial charge in [0.15, 0.2) is 6.10 Å². The predicted molar refractivity (Wildman–Crippen MR) is 92.4 cm³/mol. The third-order valence-electron chi connectivity index (χ3n) is 3.60. The van der Waals surface area contributed by atoms with Gasteiger partial charge in [-0.2, -0.15) is 0 Å². The maximum atomic E-state index is 12.1. The summed E-state index contributed by atoms with van der Waals surface area (Å²) in [6.45, 7) is 3.43. The Morgan fingerprint density at radius 3 is 2.40 bits per heavy atom. The van der Waals surface area contributed by atoms with Crippen LogP contribution in [-0.2, 0) is 16.0 Å². The lowest BCUT2D eigenvalue weighted by molar-refractivity contribution is -0.385. The van der Waals surface area contributed by atoms with Gasteiger partial charge in [-0.3, -0.25) is 14.9 Å². The molecule has 0 bridgehead atoms. The molecule has 7 nitrogen and oxygen atoms in total. The second-order valence-electron chi connectivity index (χ2n) is 5.36. The number of nitro groups is 1. The monoisotopic (exact) mass is 342 g/mol. The van der Waals surface area contributed by atoms with Crippen LogP contribution < -0.4 is 5.32 Å². The van der Waals surface area contributed by atoms with Crippen molar-refractivity contribution in [2.24, 2.45) is 0 Å². The first-order chi connectivity index (χ1) is 11.9. The van der Waals surface area contributed by atoms with Gasteiger partial charge in [0.1, 0.15) is 5.56 Å². The fourth-order valence-electron chi connectivity index (χ4n) is 2.15. The fraction of sp³-hybridized carbons (Fsp3) is 0.222. The lowest BCUT2D eigenvalue weighted by Gasteiger charge is -2.13. The number of carbonyl (C=O) groups excluding carboxylic acids is 2. The number of aryl methyl sites for hydroxylation is 1. The van der Waals surface area contributed by atoms with Gasteiger partial charge in [-0.05, 0) is 37.1 Å². The molecule has 0 saturated carbocycles. The number of esters is 1. The van der Waals surface area contributed by atoms with Crippen molar-refractivity contribution in [2.75, 3.05) is 5.32 Å². The molecule has 25 heavy (non-hydrogen) atoms. The van der Waals surface area contributed by atoms with E-state index in [4.69, 9.17) is 4.74 Å². The number of anilines is 1. The molecule has 0 aliphatic heterocycles. The fourth-order valence-corrected chi connectivity index (χ4v) is 2.15. The van der Waals surface area contributed by atoms with Crippen molar-refractivity contribution in [3.8, 4) is 0 Å². The normalized spacial score (nSPS) is 11.4. The number of carbonyl (C=O) groups is 2. The number of hydrogen-bond acceptors (Lipinski definition) is 5. The lowest BCUT2D eigenvalue weighted by atomic mass is 10.1. The van der Waals surface area contributed by atoms with Gasteiger partial charge in [-0.15, -0.1) is 0 Å². The highest BCUT2D eigenvalue weighted by molar-refractivity contribution is 5.98. The van der Waals surface area contributed by atoms with Crippen LogP contribution in [0, 0.1) is 10.1 Å². The summed E-state index contributed by atoms with van der Waals surface area (Å²) in [6.07, 6.45) is -0.212. The van der Waals surface area contributed by atoms with Gasteiger partial charge in [-0.1, -0.05) is 31.2 Å². The average molecular weight is 342 g/mol. The SMILES string of the molecule is CCc1ccc(NC(=O)[C@@H](C)OC(=O)c2ccccc2[N+](=O)[O-])cc1. The molecule has 0 radical (unpaired) electrons. The third-order valence-corrected chi connectivity index (χ3v) is 3.60. The molecule has 0 spiro atoms. The topological polar surface area (TPSA) is 98.5 Å². The van der Waals surface area contributed by atoms with Crippen LogP contribution in [0.25, 0.3) is 0 Å². The van der Waals surface area contributed by atoms with E-state index in [-0.39, 0.29) is 11.3 Å². The lowest BCUT2D eigenvalue weighted by Crippen LogP contribution is -2.30. The Morgan fingerprint density at radius 2 is 1.80 bits per heavy atom. The van der Waals surface area contributed by atoms with Crippen molar-refractivity contribution < 1.29 is 19.2 Å². The molecule has 1 N–H and O–H groups in total. The number of benzene rings is 2. The maximum absolute atomic E-state index is 12.1. The minimum absolute atomic E-state index is 0.195. The quantitative estimate of drug-likeness (QED) is 0.493. The molecular weight excluding hydrogens is 324 g/mol. The van der Waals surface area contributed by atoms with E-state index in [2.05, 4.69) is 5.32 Å². The first-order valence-corrected chi connectivity index (χ1v) is 7.76. The van der Waals surface area contributed by atoms with E-state index in [0.29, 0.717) is 5.69 Å². The zero-order valence-electron chi connectivity index (χ0n) is 13.9. The largest absolute Gasteiger partial charge is 0.449 e. The minimum Gasteiger partial charge on any atom is -0.449 e. The molecule has 0 aliphatic rings. The molecule has 1 amide bonds. The summed E-state index contributed by atoms with van der Waals surface area (Å²) in [6, 6.07) is 12.7. The predicted octanol–water partition coefficient (Wildman–Crippen LogP) is 3.34. The van der Waals surface area contributed by atoms with Crippen molar-refractivity contribution in [3.63, 3.8) is 0 Å². The van der Waals surface area contributed by atoms with E-state index in [0.717, 1.165) is 12.0 Å². The summed E-state index contributed by atoms with van der Waals surface area (Å²) in [5.74, 6) is -1.44. The van der Waals surface area contributed by atoms with Crippen LogP contribution in [0.15, 0.2) is 48.5 Å². The van der Waals surface area contributed by atoms with Crippen LogP contribution >= 0.6 is 0 Å². The number of nitrogens with zero attached hydrogens (tertiary/aromatic N) is 1. The highest BCUT2D eigenvalue weighted by Gasteiger charge is 2.24. The second kappa shape index (κ2) is 8.05. The number of amides is 1. The van der Waals surface area contributed by atoms with Gasteiger partial charge in [0, 0.05) is 11.8 Å². The molecule has 0 aliphatic carbocycles. The summed E-state index contributed by atoms with van der Waals surface area (Å²) in [4.78, 5) is 34.5. The van der Waals surface area contributed by atoms with E-state index in [1.807, 2.05) is 19.1 Å². The molecule has 2 rings (SSSR count). The van der Waals surface area contributed by atoms with Crippen molar-refractivity contribution in [1.82, 2.24) is 0 Å². The number of nitro benzene ring substituents is 1. The van der Waals surface area contributed by atoms with Gasteiger partial charge in [0.2, 0.25) is 0 Å². The van der Waals surface area contributed by atoms with Crippen LogP contribution in [0.1, 0.15) is 29.8 Å². The zero-order chi connectivity index (χ0) is 18.4. The summed E-state index contributed by atoms with van der Waals surface area (Å²) in [5.41, 5.74) is 1.15. The highest BCUT2D eigenvalue weighted by atomic mass is 16.6. The van der Waals surface area contributed by atoms with Gasteiger partial charge >= 0.3 is 5.97 Å². The molecule has 130 valence electrons. The van der Waals surface area contributed by atoms with Gasteiger partial charge in [0.05, 0.1) is 4.92 Å². The van der Waals surface area contributed by atoms with E-state index in [1.54, 1.807) is 12.1 Å². The van der Waals surface area contributed by atoms with Crippen LogP contribution in [-0.4, -0.2) is 22.9 Å². The Morgan fingerprint density at radius 1 is 1.16 bits per heavy atom. The molecule has 0 heterocycles. The van der Waals surface area contributed by atoms with E-state index in [1.165, 1.54) is 31.2 Å². The average Bonchev–Trinajstić information content (AvgIpc) is 2.62. The van der Waals surface area contributed by atoms with Crippen LogP contribution in [0.3, 0.4) is 0 Å². The summed E-state index contributed by atoms with van der Waals surface area (Å²) in [5, 5.41) is 13.6. The van der Waals surface area contributed by atoms with Crippen molar-refractivity contribution in [1.29, 1.82) is 0 Å². The summed E-state index contributed by atoms with van der Waals surface area (Å²) >= 11 is 0. The molecule has 2 aromatic rings. The van der Waals surface area contributed by atoms with E-state index >= 15 is 0 Å². The van der Waals surface area contributed by atoms with E-state index in [9.17, 15) is 19.7 Å². The van der Waals surface area contributed by atoms with Crippen LogP contribution in [0.4, 0.5) is 11.4 Å². The third kappa shape index (κ3) is 4.63. The van der Waals surface area contributed by atoms with Gasteiger partial charge in [0.25, 0.3) is 11.6 Å². The van der Waals surface area contributed by atoms with Crippen LogP contribution in [0.5, 0.6) is 0 Å². The van der Waals surface area contributed by atoms with Gasteiger partial charge in [-0.25, -0.2) is 4.79 Å². The Balaban J connectivity index is 2.03. The number of ether oxygens (including phenoxy) is 1. The molecule has 0 saturated heterocycles. The molecule has 0 aromatic heterocycles. The smallest absolute Gasteiger partial charge is 0.345 e. The Hall–Kier alpha value is -3.22. The number of hydrogen-bond donors (Lipinski definition) is 1. The Labute approximate surface area is 144 Å². The van der Waals surface area contributed by atoms with Crippen molar-refractivity contribution >= 4 is 23.3 Å². The molecule has 0 fully saturated rings. The molecule has 0 unspecified atom stereocenters. The maximum Gasteiger partial charge on any atom is 0.345 e. The minimum atomic E-state index is -1.10.